The Morgan fingerprint density at radius 1 is 0.529 bits per heavy atom. The van der Waals surface area contributed by atoms with Gasteiger partial charge in [-0.15, -0.1) is 0 Å². The van der Waals surface area contributed by atoms with Crippen LogP contribution >= 0.6 is 0 Å². The minimum atomic E-state index is 0.848. The number of aliphatic imine (C=N–C) groups is 2. The van der Waals surface area contributed by atoms with Crippen LogP contribution in [0.4, 0.5) is 22.7 Å². The molecule has 0 aliphatic heterocycles. The summed E-state index contributed by atoms with van der Waals surface area (Å²) in [6.07, 6.45) is 0. The molecule has 0 aromatic heterocycles. The SMILES string of the molecule is CC(=Nc1c(C)cccc1C)Nc1cccc2cccc(NC(C)=Nc3c(C)cccc3C)c12. The van der Waals surface area contributed by atoms with Crippen molar-refractivity contribution in [2.75, 3.05) is 10.6 Å². The van der Waals surface area contributed by atoms with Gasteiger partial charge >= 0.3 is 0 Å². The summed E-state index contributed by atoms with van der Waals surface area (Å²) in [5.74, 6) is 1.70. The van der Waals surface area contributed by atoms with E-state index in [0.29, 0.717) is 0 Å². The highest BCUT2D eigenvalue weighted by atomic mass is 15.0. The molecule has 172 valence electrons. The summed E-state index contributed by atoms with van der Waals surface area (Å²) in [7, 11) is 0. The van der Waals surface area contributed by atoms with Crippen LogP contribution in [0.15, 0.2) is 82.8 Å². The number of fused-ring (bicyclic) bond motifs is 1. The third-order valence-electron chi connectivity index (χ3n) is 5.97. The van der Waals surface area contributed by atoms with E-state index in [9.17, 15) is 0 Å². The lowest BCUT2D eigenvalue weighted by Crippen LogP contribution is -2.10. The minimum Gasteiger partial charge on any atom is -0.343 e. The molecule has 0 saturated carbocycles. The van der Waals surface area contributed by atoms with Gasteiger partial charge < -0.3 is 10.6 Å². The Hall–Kier alpha value is -3.92. The van der Waals surface area contributed by atoms with Crippen molar-refractivity contribution in [2.24, 2.45) is 9.98 Å². The molecule has 4 aromatic carbocycles. The van der Waals surface area contributed by atoms with Crippen molar-refractivity contribution in [2.45, 2.75) is 41.5 Å². The zero-order valence-electron chi connectivity index (χ0n) is 20.8. The molecule has 0 aliphatic rings. The van der Waals surface area contributed by atoms with Crippen molar-refractivity contribution in [1.29, 1.82) is 0 Å². The fourth-order valence-corrected chi connectivity index (χ4v) is 4.29. The number of nitrogens with one attached hydrogen (secondary N) is 2. The molecule has 34 heavy (non-hydrogen) atoms. The molecule has 4 heteroatoms. The Bertz CT molecular complexity index is 1270. The highest BCUT2D eigenvalue weighted by Crippen LogP contribution is 2.32. The van der Waals surface area contributed by atoms with E-state index in [2.05, 4.69) is 111 Å². The predicted molar refractivity (Wildman–Crippen MR) is 149 cm³/mol. The van der Waals surface area contributed by atoms with E-state index in [-0.39, 0.29) is 0 Å². The number of nitrogens with zero attached hydrogens (tertiary/aromatic N) is 2. The zero-order valence-corrected chi connectivity index (χ0v) is 20.8. The normalized spacial score (nSPS) is 12.2. The van der Waals surface area contributed by atoms with Crippen LogP contribution < -0.4 is 10.6 Å². The van der Waals surface area contributed by atoms with Crippen LogP contribution in [0.1, 0.15) is 36.1 Å². The molecule has 0 bridgehead atoms. The van der Waals surface area contributed by atoms with Crippen LogP contribution in [0.25, 0.3) is 10.8 Å². The van der Waals surface area contributed by atoms with Gasteiger partial charge in [0.2, 0.25) is 0 Å². The largest absolute Gasteiger partial charge is 0.343 e. The standard InChI is InChI=1S/C30H32N4/c1-19-11-7-12-20(2)29(19)33-23(5)31-26-17-9-15-25-16-10-18-27(28(25)26)32-24(6)34-30-21(3)13-8-14-22(30)4/h7-18H,1-6H3,(H,31,33)(H,32,34). The Balaban J connectivity index is 1.70. The molecular weight excluding hydrogens is 416 g/mol. The highest BCUT2D eigenvalue weighted by molar-refractivity contribution is 6.12. The van der Waals surface area contributed by atoms with Gasteiger partial charge in [-0.2, -0.15) is 0 Å². The van der Waals surface area contributed by atoms with Crippen molar-refractivity contribution >= 4 is 45.2 Å². The number of para-hydroxylation sites is 2. The molecule has 0 amide bonds. The van der Waals surface area contributed by atoms with Gasteiger partial charge in [0.25, 0.3) is 0 Å². The molecule has 0 spiro atoms. The third kappa shape index (κ3) is 5.01. The lowest BCUT2D eigenvalue weighted by Gasteiger charge is -2.16. The van der Waals surface area contributed by atoms with Crippen LogP contribution in [0.2, 0.25) is 0 Å². The maximum Gasteiger partial charge on any atom is 0.103 e. The molecule has 4 rings (SSSR count). The number of aryl methyl sites for hydroxylation is 4. The van der Waals surface area contributed by atoms with Gasteiger partial charge in [-0.1, -0.05) is 60.7 Å². The molecule has 4 nitrogen and oxygen atoms in total. The molecule has 0 atom stereocenters. The first-order chi connectivity index (χ1) is 16.3. The molecule has 4 aromatic rings. The van der Waals surface area contributed by atoms with Crippen LogP contribution in [0, 0.1) is 27.7 Å². The van der Waals surface area contributed by atoms with E-state index in [0.717, 1.165) is 45.2 Å². The molecule has 2 N–H and O–H groups in total. The number of hydrogen-bond acceptors (Lipinski definition) is 2. The summed E-state index contributed by atoms with van der Waals surface area (Å²) in [5.41, 5.74) is 8.71. The fourth-order valence-electron chi connectivity index (χ4n) is 4.29. The first-order valence-corrected chi connectivity index (χ1v) is 11.6. The molecular formula is C30H32N4. The number of amidine groups is 2. The Labute approximate surface area is 202 Å². The number of benzene rings is 4. The van der Waals surface area contributed by atoms with Crippen LogP contribution in [0.3, 0.4) is 0 Å². The molecule has 0 fully saturated rings. The lowest BCUT2D eigenvalue weighted by molar-refractivity contribution is 1.32. The summed E-state index contributed by atoms with van der Waals surface area (Å²) in [6, 6.07) is 25.1. The van der Waals surface area contributed by atoms with Gasteiger partial charge in [0.05, 0.1) is 11.4 Å². The average Bonchev–Trinajstić information content (AvgIpc) is 2.79. The van der Waals surface area contributed by atoms with Gasteiger partial charge in [0.15, 0.2) is 0 Å². The quantitative estimate of drug-likeness (QED) is 0.243. The van der Waals surface area contributed by atoms with Gasteiger partial charge in [0.1, 0.15) is 11.7 Å². The smallest absolute Gasteiger partial charge is 0.103 e. The number of hydrogen-bond donors (Lipinski definition) is 2. The second kappa shape index (κ2) is 9.92. The molecule has 0 heterocycles. The zero-order chi connectivity index (χ0) is 24.2. The molecule has 0 saturated heterocycles. The van der Waals surface area contributed by atoms with Crippen molar-refractivity contribution in [1.82, 2.24) is 0 Å². The second-order valence-electron chi connectivity index (χ2n) is 8.83. The van der Waals surface area contributed by atoms with E-state index in [1.165, 1.54) is 22.3 Å². The van der Waals surface area contributed by atoms with Gasteiger partial charge in [0, 0.05) is 16.8 Å². The van der Waals surface area contributed by atoms with Crippen LogP contribution in [0.5, 0.6) is 0 Å². The van der Waals surface area contributed by atoms with E-state index in [4.69, 9.17) is 9.98 Å². The monoisotopic (exact) mass is 448 g/mol. The summed E-state index contributed by atoms with van der Waals surface area (Å²) < 4.78 is 0. The van der Waals surface area contributed by atoms with Crippen molar-refractivity contribution < 1.29 is 0 Å². The van der Waals surface area contributed by atoms with Crippen LogP contribution in [-0.2, 0) is 0 Å². The van der Waals surface area contributed by atoms with E-state index >= 15 is 0 Å². The second-order valence-corrected chi connectivity index (χ2v) is 8.83. The summed E-state index contributed by atoms with van der Waals surface area (Å²) in [6.45, 7) is 12.4. The molecule has 0 radical (unpaired) electrons. The molecule has 0 aliphatic carbocycles. The Morgan fingerprint density at radius 2 is 0.882 bits per heavy atom. The summed E-state index contributed by atoms with van der Waals surface area (Å²) in [5, 5.41) is 9.34. The van der Waals surface area contributed by atoms with Crippen molar-refractivity contribution in [3.05, 3.63) is 95.1 Å². The maximum absolute atomic E-state index is 4.89. The van der Waals surface area contributed by atoms with Crippen LogP contribution in [-0.4, -0.2) is 11.7 Å². The Kier molecular flexibility index (Phi) is 6.78. The van der Waals surface area contributed by atoms with Gasteiger partial charge in [-0.05, 0) is 81.3 Å². The number of rotatable bonds is 4. The Morgan fingerprint density at radius 3 is 1.26 bits per heavy atom. The third-order valence-corrected chi connectivity index (χ3v) is 5.97. The lowest BCUT2D eigenvalue weighted by atomic mass is 10.1. The van der Waals surface area contributed by atoms with E-state index in [1.807, 2.05) is 13.8 Å². The average molecular weight is 449 g/mol. The first kappa shape index (κ1) is 23.2. The van der Waals surface area contributed by atoms with Crippen molar-refractivity contribution in [3.8, 4) is 0 Å². The van der Waals surface area contributed by atoms with E-state index in [1.54, 1.807) is 0 Å². The summed E-state index contributed by atoms with van der Waals surface area (Å²) >= 11 is 0. The topological polar surface area (TPSA) is 48.8 Å². The fraction of sp³-hybridized carbons (Fsp3) is 0.200. The highest BCUT2D eigenvalue weighted by Gasteiger charge is 2.09. The maximum atomic E-state index is 4.89. The van der Waals surface area contributed by atoms with Gasteiger partial charge in [-0.25, -0.2) is 9.98 Å². The molecule has 0 unspecified atom stereocenters. The predicted octanol–water partition coefficient (Wildman–Crippen LogP) is 8.40. The van der Waals surface area contributed by atoms with Crippen molar-refractivity contribution in [3.63, 3.8) is 0 Å². The summed E-state index contributed by atoms with van der Waals surface area (Å²) in [4.78, 5) is 9.77. The van der Waals surface area contributed by atoms with E-state index < -0.39 is 0 Å². The first-order valence-electron chi connectivity index (χ1n) is 11.6. The minimum absolute atomic E-state index is 0.848. The number of anilines is 2. The van der Waals surface area contributed by atoms with Gasteiger partial charge in [-0.3, -0.25) is 0 Å².